The number of halogens is 2. The molecule has 1 N–H and O–H groups in total. The van der Waals surface area contributed by atoms with Crippen molar-refractivity contribution in [2.75, 3.05) is 12.4 Å². The summed E-state index contributed by atoms with van der Waals surface area (Å²) < 4.78 is 33.0. The predicted molar refractivity (Wildman–Crippen MR) is 95.5 cm³/mol. The van der Waals surface area contributed by atoms with Gasteiger partial charge in [0.1, 0.15) is 23.9 Å². The molecule has 0 radical (unpaired) electrons. The van der Waals surface area contributed by atoms with Gasteiger partial charge in [0.05, 0.1) is 12.8 Å². The number of nitrogens with one attached hydrogen (secondary N) is 1. The first-order valence-corrected chi connectivity index (χ1v) is 7.94. The fourth-order valence-corrected chi connectivity index (χ4v) is 2.41. The maximum atomic E-state index is 14.2. The molecule has 0 fully saturated rings. The van der Waals surface area contributed by atoms with Gasteiger partial charge in [0.15, 0.2) is 0 Å². The van der Waals surface area contributed by atoms with E-state index >= 15 is 0 Å². The molecule has 27 heavy (non-hydrogen) atoms. The van der Waals surface area contributed by atoms with Crippen LogP contribution in [0.5, 0.6) is 5.75 Å². The van der Waals surface area contributed by atoms with E-state index in [1.165, 1.54) is 55.6 Å². The van der Waals surface area contributed by atoms with Gasteiger partial charge in [-0.15, -0.1) is 0 Å². The van der Waals surface area contributed by atoms with Crippen molar-refractivity contribution in [2.24, 2.45) is 0 Å². The minimum atomic E-state index is -0.567. The van der Waals surface area contributed by atoms with Gasteiger partial charge >= 0.3 is 0 Å². The number of carbonyl (C=O) groups excluding carboxylic acids is 1. The van der Waals surface area contributed by atoms with Crippen LogP contribution in [0.1, 0.15) is 0 Å². The summed E-state index contributed by atoms with van der Waals surface area (Å²) in [6.45, 7) is -0.373. The summed E-state index contributed by atoms with van der Waals surface area (Å²) in [4.78, 5) is 24.1. The number of benzene rings is 2. The molecule has 0 saturated heterocycles. The summed E-state index contributed by atoms with van der Waals surface area (Å²) in [6, 6.07) is 12.0. The summed E-state index contributed by atoms with van der Waals surface area (Å²) >= 11 is 0. The first-order chi connectivity index (χ1) is 13.0. The van der Waals surface area contributed by atoms with Gasteiger partial charge in [-0.3, -0.25) is 9.59 Å². The summed E-state index contributed by atoms with van der Waals surface area (Å²) in [7, 11) is 1.42. The van der Waals surface area contributed by atoms with E-state index in [0.717, 1.165) is 4.68 Å². The molecule has 1 heterocycles. The van der Waals surface area contributed by atoms with Crippen molar-refractivity contribution in [1.29, 1.82) is 0 Å². The van der Waals surface area contributed by atoms with Crippen LogP contribution in [-0.2, 0) is 11.3 Å². The molecule has 2 aromatic carbocycles. The number of ether oxygens (including phenoxy) is 1. The van der Waals surface area contributed by atoms with Gasteiger partial charge in [0.2, 0.25) is 5.91 Å². The molecule has 0 unspecified atom stereocenters. The Hall–Kier alpha value is -3.55. The molecule has 6 nitrogen and oxygen atoms in total. The fraction of sp³-hybridized carbons (Fsp3) is 0.105. The van der Waals surface area contributed by atoms with Crippen molar-refractivity contribution in [3.63, 3.8) is 0 Å². The second-order valence-electron chi connectivity index (χ2n) is 5.62. The number of hydrogen-bond donors (Lipinski definition) is 1. The van der Waals surface area contributed by atoms with Crippen molar-refractivity contribution in [3.05, 3.63) is 76.6 Å². The summed E-state index contributed by atoms with van der Waals surface area (Å²) in [5.74, 6) is -1.17. The van der Waals surface area contributed by atoms with Gasteiger partial charge in [0.25, 0.3) is 5.56 Å². The number of methoxy groups -OCH3 is 1. The average molecular weight is 371 g/mol. The topological polar surface area (TPSA) is 73.2 Å². The Morgan fingerprint density at radius 3 is 2.52 bits per heavy atom. The molecule has 0 atom stereocenters. The van der Waals surface area contributed by atoms with E-state index in [0.29, 0.717) is 11.4 Å². The highest BCUT2D eigenvalue weighted by molar-refractivity contribution is 5.90. The van der Waals surface area contributed by atoms with Gasteiger partial charge < -0.3 is 10.1 Å². The van der Waals surface area contributed by atoms with Crippen LogP contribution in [0, 0.1) is 11.6 Å². The number of anilines is 1. The van der Waals surface area contributed by atoms with Crippen LogP contribution in [0.2, 0.25) is 0 Å². The number of amides is 1. The molecule has 0 aliphatic carbocycles. The van der Waals surface area contributed by atoms with Crippen LogP contribution >= 0.6 is 0 Å². The van der Waals surface area contributed by atoms with Gasteiger partial charge in [-0.2, -0.15) is 5.10 Å². The molecular formula is C19H15F2N3O3. The zero-order chi connectivity index (χ0) is 19.4. The first kappa shape index (κ1) is 18.2. The average Bonchev–Trinajstić information content (AvgIpc) is 2.65. The minimum absolute atomic E-state index is 0.170. The third-order valence-electron chi connectivity index (χ3n) is 3.74. The number of aromatic nitrogens is 2. The molecule has 3 rings (SSSR count). The quantitative estimate of drug-likeness (QED) is 0.749. The molecule has 3 aromatic rings. The Bertz CT molecular complexity index is 1030. The third kappa shape index (κ3) is 4.35. The van der Waals surface area contributed by atoms with E-state index in [1.54, 1.807) is 6.07 Å². The highest BCUT2D eigenvalue weighted by Crippen LogP contribution is 2.24. The highest BCUT2D eigenvalue weighted by Gasteiger charge is 2.12. The fourth-order valence-electron chi connectivity index (χ4n) is 2.41. The second kappa shape index (κ2) is 7.77. The molecule has 0 bridgehead atoms. The third-order valence-corrected chi connectivity index (χ3v) is 3.74. The maximum absolute atomic E-state index is 14.2. The van der Waals surface area contributed by atoms with E-state index in [9.17, 15) is 18.4 Å². The van der Waals surface area contributed by atoms with Gasteiger partial charge in [-0.1, -0.05) is 0 Å². The zero-order valence-corrected chi connectivity index (χ0v) is 14.3. The predicted octanol–water partition coefficient (Wildman–Crippen LogP) is 2.84. The van der Waals surface area contributed by atoms with Crippen LogP contribution in [0.3, 0.4) is 0 Å². The highest BCUT2D eigenvalue weighted by atomic mass is 19.1. The number of rotatable bonds is 5. The van der Waals surface area contributed by atoms with Crippen LogP contribution < -0.4 is 15.6 Å². The van der Waals surface area contributed by atoms with E-state index < -0.39 is 23.1 Å². The molecule has 0 aliphatic heterocycles. The van der Waals surface area contributed by atoms with Gasteiger partial charge in [-0.05, 0) is 42.5 Å². The Morgan fingerprint density at radius 2 is 1.85 bits per heavy atom. The Balaban J connectivity index is 1.82. The van der Waals surface area contributed by atoms with Crippen molar-refractivity contribution < 1.29 is 18.3 Å². The first-order valence-electron chi connectivity index (χ1n) is 7.94. The van der Waals surface area contributed by atoms with Crippen molar-refractivity contribution in [3.8, 4) is 17.0 Å². The van der Waals surface area contributed by atoms with Crippen molar-refractivity contribution in [1.82, 2.24) is 9.78 Å². The van der Waals surface area contributed by atoms with Crippen LogP contribution in [-0.4, -0.2) is 22.8 Å². The minimum Gasteiger partial charge on any atom is -0.497 e. The maximum Gasteiger partial charge on any atom is 0.267 e. The number of carbonyl (C=O) groups is 1. The molecule has 8 heteroatoms. The standard InChI is InChI=1S/C19H15F2N3O3/c1-27-14-6-7-15(16(21)10-14)17-8-9-19(26)24(23-17)11-18(25)22-13-4-2-12(20)3-5-13/h2-10H,11H2,1H3,(H,22,25). The van der Waals surface area contributed by atoms with E-state index in [2.05, 4.69) is 10.4 Å². The SMILES string of the molecule is COc1ccc(-c2ccc(=O)n(CC(=O)Nc3ccc(F)cc3)n2)c(F)c1. The monoisotopic (exact) mass is 371 g/mol. The number of hydrogen-bond acceptors (Lipinski definition) is 4. The van der Waals surface area contributed by atoms with Crippen LogP contribution in [0.25, 0.3) is 11.3 Å². The smallest absolute Gasteiger partial charge is 0.267 e. The van der Waals surface area contributed by atoms with Crippen LogP contribution in [0.4, 0.5) is 14.5 Å². The molecule has 138 valence electrons. The Labute approximate surface area is 153 Å². The zero-order valence-electron chi connectivity index (χ0n) is 14.3. The van der Waals surface area contributed by atoms with E-state index in [4.69, 9.17) is 4.74 Å². The van der Waals surface area contributed by atoms with Crippen molar-refractivity contribution in [2.45, 2.75) is 6.54 Å². The summed E-state index contributed by atoms with van der Waals surface area (Å²) in [5, 5.41) is 6.59. The van der Waals surface area contributed by atoms with Gasteiger partial charge in [-0.25, -0.2) is 13.5 Å². The molecule has 0 spiro atoms. The van der Waals surface area contributed by atoms with Gasteiger partial charge in [0, 0.05) is 23.4 Å². The van der Waals surface area contributed by atoms with Crippen LogP contribution in [0.15, 0.2) is 59.4 Å². The lowest BCUT2D eigenvalue weighted by Gasteiger charge is -2.09. The molecule has 1 amide bonds. The normalized spacial score (nSPS) is 10.5. The lowest BCUT2D eigenvalue weighted by Crippen LogP contribution is -2.29. The Kier molecular flexibility index (Phi) is 5.25. The number of nitrogens with zero attached hydrogens (tertiary/aromatic N) is 2. The molecular weight excluding hydrogens is 356 g/mol. The van der Waals surface area contributed by atoms with E-state index in [-0.39, 0.29) is 17.8 Å². The summed E-state index contributed by atoms with van der Waals surface area (Å²) in [6.07, 6.45) is 0. The molecule has 1 aromatic heterocycles. The summed E-state index contributed by atoms with van der Waals surface area (Å²) in [5.41, 5.74) is 0.238. The largest absolute Gasteiger partial charge is 0.497 e. The lowest BCUT2D eigenvalue weighted by atomic mass is 10.1. The van der Waals surface area contributed by atoms with E-state index in [1.807, 2.05) is 0 Å². The molecule has 0 aliphatic rings. The molecule has 0 saturated carbocycles. The lowest BCUT2D eigenvalue weighted by molar-refractivity contribution is -0.117. The second-order valence-corrected chi connectivity index (χ2v) is 5.62. The Morgan fingerprint density at radius 1 is 1.11 bits per heavy atom. The van der Waals surface area contributed by atoms with Crippen molar-refractivity contribution >= 4 is 11.6 Å².